The van der Waals surface area contributed by atoms with E-state index in [1.807, 2.05) is 0 Å². The molecule has 0 fully saturated rings. The third-order valence-corrected chi connectivity index (χ3v) is 0. The Morgan fingerprint density at radius 2 is 1.00 bits per heavy atom. The summed E-state index contributed by atoms with van der Waals surface area (Å²) in [5.41, 5.74) is 0. The Morgan fingerprint density at radius 1 is 1.00 bits per heavy atom. The van der Waals surface area contributed by atoms with Crippen LogP contribution in [0.15, 0.2) is 0 Å². The molecule has 0 saturated carbocycles. The van der Waals surface area contributed by atoms with E-state index in [1.165, 1.54) is 0 Å². The summed E-state index contributed by atoms with van der Waals surface area (Å²) in [6, 6.07) is 0. The van der Waals surface area contributed by atoms with Crippen molar-refractivity contribution >= 4 is 37.7 Å². The van der Waals surface area contributed by atoms with Crippen molar-refractivity contribution in [2.45, 2.75) is 0 Å². The molecule has 0 saturated heterocycles. The molecule has 0 aromatic heterocycles. The average Bonchev–Trinajstić information content (AvgIpc) is 0. The summed E-state index contributed by atoms with van der Waals surface area (Å²) < 4.78 is 0. The fraction of sp³-hybridized carbons (Fsp3) is 0. The van der Waals surface area contributed by atoms with Crippen LogP contribution in [-0.2, 0) is 70.7 Å². The van der Waals surface area contributed by atoms with Gasteiger partial charge in [0.05, 0.1) is 0 Å². The standard InChI is InChI=1S/Ca.Cu.Fe.Mn.Zn. The van der Waals surface area contributed by atoms with Gasteiger partial charge in [0.15, 0.2) is 0 Å². The molecule has 5 heavy (non-hydrogen) atoms. The van der Waals surface area contributed by atoms with Crippen LogP contribution in [0.4, 0.5) is 0 Å². The molecule has 0 bridgehead atoms. The molecule has 0 spiro atoms. The second-order valence-electron chi connectivity index (χ2n) is 0. The van der Waals surface area contributed by atoms with Crippen molar-refractivity contribution in [3.8, 4) is 0 Å². The fourth-order valence-electron chi connectivity index (χ4n) is 0. The zero-order chi connectivity index (χ0) is 0. The first kappa shape index (κ1) is 39.5. The summed E-state index contributed by atoms with van der Waals surface area (Å²) in [5, 5.41) is 0. The van der Waals surface area contributed by atoms with Gasteiger partial charge in [-0.2, -0.15) is 0 Å². The number of hydrogen-bond donors (Lipinski definition) is 0. The van der Waals surface area contributed by atoms with E-state index in [-0.39, 0.29) is 108 Å². The Morgan fingerprint density at radius 3 is 1.00 bits per heavy atom. The molecule has 0 rings (SSSR count). The molecule has 0 aliphatic heterocycles. The smallest absolute Gasteiger partial charge is 0 e. The van der Waals surface area contributed by atoms with Gasteiger partial charge in [-0.25, -0.2) is 0 Å². The van der Waals surface area contributed by atoms with E-state index >= 15 is 0 Å². The average molecular weight is 280 g/mol. The largest absolute Gasteiger partial charge is 0 e. The minimum absolute atomic E-state index is 0. The zero-order valence-corrected chi connectivity index (χ0v) is 10.8. The van der Waals surface area contributed by atoms with Gasteiger partial charge in [0, 0.05) is 108 Å². The van der Waals surface area contributed by atoms with E-state index in [9.17, 15) is 0 Å². The molecule has 0 N–H and O–H groups in total. The quantitative estimate of drug-likeness (QED) is 0.530. The summed E-state index contributed by atoms with van der Waals surface area (Å²) in [5.74, 6) is 0. The van der Waals surface area contributed by atoms with Gasteiger partial charge in [-0.3, -0.25) is 0 Å². The molecular weight excluding hydrogens is 280 g/mol. The maximum Gasteiger partial charge on any atom is 0 e. The molecule has 0 atom stereocenters. The fourth-order valence-corrected chi connectivity index (χ4v) is 0. The zero-order valence-electron chi connectivity index (χ0n) is 2.45. The summed E-state index contributed by atoms with van der Waals surface area (Å²) >= 11 is 0. The van der Waals surface area contributed by atoms with Gasteiger partial charge in [0.1, 0.15) is 0 Å². The van der Waals surface area contributed by atoms with Crippen molar-refractivity contribution in [3.05, 3.63) is 0 Å². The summed E-state index contributed by atoms with van der Waals surface area (Å²) in [6.45, 7) is 0. The molecule has 30 valence electrons. The van der Waals surface area contributed by atoms with Crippen molar-refractivity contribution < 1.29 is 70.7 Å². The SMILES string of the molecule is [Ca].[Cu].[Fe].[Mn].[Zn]. The molecule has 5 heteroatoms. The van der Waals surface area contributed by atoms with E-state index in [0.29, 0.717) is 0 Å². The van der Waals surface area contributed by atoms with Crippen LogP contribution in [0.3, 0.4) is 0 Å². The van der Waals surface area contributed by atoms with Crippen LogP contribution in [0.5, 0.6) is 0 Å². The molecule has 0 aliphatic rings. The van der Waals surface area contributed by atoms with Crippen molar-refractivity contribution in [2.24, 2.45) is 0 Å². The van der Waals surface area contributed by atoms with Gasteiger partial charge in [0.2, 0.25) is 0 Å². The molecule has 0 heterocycles. The van der Waals surface area contributed by atoms with Crippen LogP contribution in [0, 0.1) is 0 Å². The molecule has 0 nitrogen and oxygen atoms in total. The first-order valence-electron chi connectivity index (χ1n) is 0. The normalized spacial score (nSPS) is 0. The summed E-state index contributed by atoms with van der Waals surface area (Å²) in [6.07, 6.45) is 0. The van der Waals surface area contributed by atoms with Gasteiger partial charge in [-0.1, -0.05) is 0 Å². The van der Waals surface area contributed by atoms with Crippen molar-refractivity contribution in [1.29, 1.82) is 0 Å². The van der Waals surface area contributed by atoms with Crippen LogP contribution in [0.2, 0.25) is 0 Å². The molecule has 0 aliphatic carbocycles. The predicted octanol–water partition coefficient (Wildman–Crippen LogP) is -0.391. The van der Waals surface area contributed by atoms with Gasteiger partial charge in [-0.15, -0.1) is 0 Å². The summed E-state index contributed by atoms with van der Waals surface area (Å²) in [7, 11) is 0. The second-order valence-corrected chi connectivity index (χ2v) is 0. The third kappa shape index (κ3) is 18.6. The summed E-state index contributed by atoms with van der Waals surface area (Å²) in [4.78, 5) is 0. The van der Waals surface area contributed by atoms with Crippen LogP contribution < -0.4 is 0 Å². The first-order valence-corrected chi connectivity index (χ1v) is 0. The first-order chi connectivity index (χ1) is 0. The van der Waals surface area contributed by atoms with Crippen molar-refractivity contribution in [3.63, 3.8) is 0 Å². The van der Waals surface area contributed by atoms with E-state index < -0.39 is 0 Å². The van der Waals surface area contributed by atoms with Crippen molar-refractivity contribution in [1.82, 2.24) is 0 Å². The molecule has 0 aromatic rings. The number of hydrogen-bond acceptors (Lipinski definition) is 0. The Kier molecular flexibility index (Phi) is 206. The van der Waals surface area contributed by atoms with E-state index in [0.717, 1.165) is 0 Å². The molecule has 4 radical (unpaired) electrons. The molecule has 0 unspecified atom stereocenters. The minimum Gasteiger partial charge on any atom is 0 e. The van der Waals surface area contributed by atoms with E-state index in [4.69, 9.17) is 0 Å². The van der Waals surface area contributed by atoms with Crippen LogP contribution in [0.25, 0.3) is 0 Å². The Balaban J connectivity index is 0. The molecule has 0 amide bonds. The Hall–Kier alpha value is 3.44. The van der Waals surface area contributed by atoms with Crippen LogP contribution in [-0.4, -0.2) is 37.7 Å². The topological polar surface area (TPSA) is 0 Å². The van der Waals surface area contributed by atoms with Crippen LogP contribution >= 0.6 is 0 Å². The predicted molar refractivity (Wildman–Crippen MR) is 5.75 cm³/mol. The van der Waals surface area contributed by atoms with Crippen LogP contribution in [0.1, 0.15) is 0 Å². The maximum absolute atomic E-state index is 0. The van der Waals surface area contributed by atoms with E-state index in [1.54, 1.807) is 0 Å². The molecular formula is CaCuFeMnZn. The van der Waals surface area contributed by atoms with Gasteiger partial charge >= 0.3 is 0 Å². The van der Waals surface area contributed by atoms with Gasteiger partial charge in [-0.05, 0) is 0 Å². The van der Waals surface area contributed by atoms with Crippen molar-refractivity contribution in [2.75, 3.05) is 0 Å². The third-order valence-electron chi connectivity index (χ3n) is 0. The Labute approximate surface area is 106 Å². The van der Waals surface area contributed by atoms with E-state index in [2.05, 4.69) is 0 Å². The minimum atomic E-state index is 0. The number of rotatable bonds is 0. The second kappa shape index (κ2) is 26.1. The van der Waals surface area contributed by atoms with Gasteiger partial charge in [0.25, 0.3) is 0 Å². The van der Waals surface area contributed by atoms with Gasteiger partial charge < -0.3 is 0 Å². The maximum atomic E-state index is 0. The molecule has 0 aromatic carbocycles. The Bertz CT molecular complexity index is 11.6. The monoisotopic (exact) mass is 278 g/mol.